The number of benzene rings is 2. The van der Waals surface area contributed by atoms with Crippen molar-refractivity contribution in [1.29, 1.82) is 0 Å². The second-order valence-electron chi connectivity index (χ2n) is 6.20. The molecule has 31 heavy (non-hydrogen) atoms. The number of hydrazone groups is 1. The third-order valence-electron chi connectivity index (χ3n) is 3.87. The zero-order valence-corrected chi connectivity index (χ0v) is 18.3. The summed E-state index contributed by atoms with van der Waals surface area (Å²) in [6.45, 7) is 1.46. The molecule has 1 atom stereocenters. The van der Waals surface area contributed by atoms with Crippen molar-refractivity contribution in [1.82, 2.24) is 10.7 Å². The molecule has 0 saturated carbocycles. The van der Waals surface area contributed by atoms with Crippen molar-refractivity contribution in [3.8, 4) is 5.75 Å². The number of carbonyl (C=O) groups excluding carboxylic acids is 2. The summed E-state index contributed by atoms with van der Waals surface area (Å²) in [4.78, 5) is 34.7. The van der Waals surface area contributed by atoms with Gasteiger partial charge in [0.05, 0.1) is 29.8 Å². The fourth-order valence-electron chi connectivity index (χ4n) is 2.52. The summed E-state index contributed by atoms with van der Waals surface area (Å²) in [5.41, 5.74) is 3.84. The standard InChI is InChI=1S/C21H22BrN3O6/c1-2-30-21(29)24-17(15-6-4-3-5-7-15)11-19(26)25-23-12-14-8-9-18(16(22)10-14)31-13-20(27)28/h3-10,12,17H,2,11,13H2,1H3,(H,24,29)(H,25,26)(H,27,28)/b23-12-/t17-/m1/s1. The molecule has 0 aromatic heterocycles. The van der Waals surface area contributed by atoms with Gasteiger partial charge in [0.25, 0.3) is 0 Å². The smallest absolute Gasteiger partial charge is 0.407 e. The number of hydrogen-bond donors (Lipinski definition) is 3. The van der Waals surface area contributed by atoms with Gasteiger partial charge in [0.2, 0.25) is 5.91 Å². The Kier molecular flexibility index (Phi) is 9.50. The Morgan fingerprint density at radius 3 is 2.58 bits per heavy atom. The van der Waals surface area contributed by atoms with Crippen LogP contribution in [-0.4, -0.2) is 42.5 Å². The van der Waals surface area contributed by atoms with Crippen molar-refractivity contribution in [3.05, 3.63) is 64.1 Å². The second-order valence-corrected chi connectivity index (χ2v) is 7.05. The van der Waals surface area contributed by atoms with E-state index in [2.05, 4.69) is 31.8 Å². The lowest BCUT2D eigenvalue weighted by molar-refractivity contribution is -0.139. The summed E-state index contributed by atoms with van der Waals surface area (Å²) in [5.74, 6) is -1.10. The van der Waals surface area contributed by atoms with E-state index >= 15 is 0 Å². The van der Waals surface area contributed by atoms with Crippen molar-refractivity contribution in [2.45, 2.75) is 19.4 Å². The molecule has 2 aromatic carbocycles. The maximum atomic E-state index is 12.3. The van der Waals surface area contributed by atoms with Crippen LogP contribution in [-0.2, 0) is 14.3 Å². The van der Waals surface area contributed by atoms with Crippen molar-refractivity contribution in [2.24, 2.45) is 5.10 Å². The number of amides is 2. The summed E-state index contributed by atoms with van der Waals surface area (Å²) in [6.07, 6.45) is 0.786. The largest absolute Gasteiger partial charge is 0.481 e. The van der Waals surface area contributed by atoms with E-state index in [-0.39, 0.29) is 13.0 Å². The van der Waals surface area contributed by atoms with E-state index in [9.17, 15) is 14.4 Å². The van der Waals surface area contributed by atoms with Gasteiger partial charge in [-0.15, -0.1) is 0 Å². The lowest BCUT2D eigenvalue weighted by Gasteiger charge is -2.18. The highest BCUT2D eigenvalue weighted by Gasteiger charge is 2.18. The molecule has 0 radical (unpaired) electrons. The van der Waals surface area contributed by atoms with Crippen LogP contribution in [0.4, 0.5) is 4.79 Å². The first-order valence-corrected chi connectivity index (χ1v) is 10.1. The number of hydrogen-bond acceptors (Lipinski definition) is 6. The average Bonchev–Trinajstić information content (AvgIpc) is 2.73. The first-order chi connectivity index (χ1) is 14.9. The molecule has 0 fully saturated rings. The van der Waals surface area contributed by atoms with Crippen LogP contribution in [0.3, 0.4) is 0 Å². The van der Waals surface area contributed by atoms with E-state index in [0.717, 1.165) is 5.56 Å². The van der Waals surface area contributed by atoms with E-state index in [1.165, 1.54) is 6.21 Å². The number of alkyl carbamates (subject to hydrolysis) is 1. The quantitative estimate of drug-likeness (QED) is 0.345. The van der Waals surface area contributed by atoms with Crippen LogP contribution in [0.1, 0.15) is 30.5 Å². The van der Waals surface area contributed by atoms with Gasteiger partial charge in [-0.05, 0) is 52.2 Å². The van der Waals surface area contributed by atoms with Gasteiger partial charge < -0.3 is 19.9 Å². The zero-order chi connectivity index (χ0) is 22.6. The molecule has 3 N–H and O–H groups in total. The summed E-state index contributed by atoms with van der Waals surface area (Å²) < 4.78 is 10.6. The molecule has 0 saturated heterocycles. The number of rotatable bonds is 10. The predicted molar refractivity (Wildman–Crippen MR) is 117 cm³/mol. The molecule has 2 amide bonds. The van der Waals surface area contributed by atoms with Gasteiger partial charge in [0.15, 0.2) is 6.61 Å². The fourth-order valence-corrected chi connectivity index (χ4v) is 3.03. The summed E-state index contributed by atoms with van der Waals surface area (Å²) in [7, 11) is 0. The van der Waals surface area contributed by atoms with E-state index in [0.29, 0.717) is 15.8 Å². The summed E-state index contributed by atoms with van der Waals surface area (Å²) in [6, 6.07) is 13.4. The molecule has 9 nitrogen and oxygen atoms in total. The van der Waals surface area contributed by atoms with Gasteiger partial charge in [-0.1, -0.05) is 30.3 Å². The minimum Gasteiger partial charge on any atom is -0.481 e. The second kappa shape index (κ2) is 12.3. The van der Waals surface area contributed by atoms with Crippen LogP contribution >= 0.6 is 15.9 Å². The SMILES string of the molecule is CCOC(=O)N[C@H](CC(=O)N/N=C\c1ccc(OCC(=O)O)c(Br)c1)c1ccccc1. The fraction of sp³-hybridized carbons (Fsp3) is 0.238. The van der Waals surface area contributed by atoms with E-state index < -0.39 is 30.6 Å². The highest BCUT2D eigenvalue weighted by Crippen LogP contribution is 2.25. The molecule has 0 unspecified atom stereocenters. The third-order valence-corrected chi connectivity index (χ3v) is 4.49. The minimum atomic E-state index is -1.08. The molecule has 2 rings (SSSR count). The minimum absolute atomic E-state index is 0.0359. The first kappa shape index (κ1) is 23.9. The third kappa shape index (κ3) is 8.47. The Labute approximate surface area is 187 Å². The zero-order valence-electron chi connectivity index (χ0n) is 16.7. The van der Waals surface area contributed by atoms with Crippen LogP contribution in [0.2, 0.25) is 0 Å². The number of carbonyl (C=O) groups is 3. The Balaban J connectivity index is 1.96. The molecule has 0 aliphatic rings. The predicted octanol–water partition coefficient (Wildman–Crippen LogP) is 3.24. The molecular formula is C21H22BrN3O6. The van der Waals surface area contributed by atoms with Crippen LogP contribution in [0.5, 0.6) is 5.75 Å². The van der Waals surface area contributed by atoms with Gasteiger partial charge in [-0.25, -0.2) is 15.0 Å². The van der Waals surface area contributed by atoms with Crippen LogP contribution in [0.25, 0.3) is 0 Å². The van der Waals surface area contributed by atoms with E-state index in [1.807, 2.05) is 18.2 Å². The van der Waals surface area contributed by atoms with Gasteiger partial charge in [0, 0.05) is 0 Å². The Hall–Kier alpha value is -3.40. The van der Waals surface area contributed by atoms with Crippen molar-refractivity contribution in [2.75, 3.05) is 13.2 Å². The first-order valence-electron chi connectivity index (χ1n) is 9.33. The molecule has 0 bridgehead atoms. The number of carboxylic acid groups (broad SMARTS) is 1. The highest BCUT2D eigenvalue weighted by atomic mass is 79.9. The van der Waals surface area contributed by atoms with Crippen molar-refractivity contribution < 1.29 is 29.0 Å². The maximum Gasteiger partial charge on any atom is 0.407 e. The number of aliphatic carboxylic acids is 1. The van der Waals surface area contributed by atoms with Gasteiger partial charge in [-0.3, -0.25) is 4.79 Å². The molecule has 10 heteroatoms. The molecule has 0 heterocycles. The summed E-state index contributed by atoms with van der Waals surface area (Å²) in [5, 5.41) is 15.3. The number of halogens is 1. The van der Waals surface area contributed by atoms with Crippen LogP contribution < -0.4 is 15.5 Å². The Morgan fingerprint density at radius 2 is 1.94 bits per heavy atom. The molecule has 0 spiro atoms. The number of nitrogens with zero attached hydrogens (tertiary/aromatic N) is 1. The number of carboxylic acids is 1. The van der Waals surface area contributed by atoms with E-state index in [1.54, 1.807) is 37.3 Å². The lowest BCUT2D eigenvalue weighted by Crippen LogP contribution is -2.33. The van der Waals surface area contributed by atoms with Gasteiger partial charge in [0.1, 0.15) is 5.75 Å². The molecule has 164 valence electrons. The molecule has 0 aliphatic heterocycles. The van der Waals surface area contributed by atoms with Gasteiger partial charge >= 0.3 is 12.1 Å². The van der Waals surface area contributed by atoms with Crippen molar-refractivity contribution >= 4 is 40.1 Å². The molecule has 2 aromatic rings. The number of ether oxygens (including phenoxy) is 2. The maximum absolute atomic E-state index is 12.3. The molecular weight excluding hydrogens is 470 g/mol. The van der Waals surface area contributed by atoms with Crippen LogP contribution in [0.15, 0.2) is 58.1 Å². The van der Waals surface area contributed by atoms with Crippen LogP contribution in [0, 0.1) is 0 Å². The monoisotopic (exact) mass is 491 g/mol. The van der Waals surface area contributed by atoms with E-state index in [4.69, 9.17) is 14.6 Å². The Bertz CT molecular complexity index is 936. The molecule has 0 aliphatic carbocycles. The lowest BCUT2D eigenvalue weighted by atomic mass is 10.0. The van der Waals surface area contributed by atoms with Gasteiger partial charge in [-0.2, -0.15) is 5.10 Å². The van der Waals surface area contributed by atoms with Crippen molar-refractivity contribution in [3.63, 3.8) is 0 Å². The normalized spacial score (nSPS) is 11.5. The highest BCUT2D eigenvalue weighted by molar-refractivity contribution is 9.10. The average molecular weight is 492 g/mol. The Morgan fingerprint density at radius 1 is 1.19 bits per heavy atom. The number of nitrogens with one attached hydrogen (secondary N) is 2. The topological polar surface area (TPSA) is 126 Å². The summed E-state index contributed by atoms with van der Waals surface area (Å²) >= 11 is 3.29.